The Kier molecular flexibility index (Phi) is 59.1. The smallest absolute Gasteiger partial charge is 0.220 e. The van der Waals surface area contributed by atoms with Crippen LogP contribution in [0.3, 0.4) is 0 Å². The Bertz CT molecular complexity index is 2090. The molecule has 19 heteroatoms. The van der Waals surface area contributed by atoms with Crippen LogP contribution < -0.4 is 5.32 Å². The Morgan fingerprint density at radius 2 is 0.670 bits per heavy atom. The zero-order chi connectivity index (χ0) is 74.6. The molecule has 0 bridgehead atoms. The van der Waals surface area contributed by atoms with Crippen molar-refractivity contribution in [2.24, 2.45) is 0 Å². The molecule has 19 nitrogen and oxygen atoms in total. The summed E-state index contributed by atoms with van der Waals surface area (Å²) in [5.74, 6) is -0.271. The molecular weight excluding hydrogens is 1310 g/mol. The summed E-state index contributed by atoms with van der Waals surface area (Å²) in [5.41, 5.74) is 0. The number of aliphatic hydroxyl groups excluding tert-OH is 11. The van der Waals surface area contributed by atoms with Gasteiger partial charge in [0.25, 0.3) is 0 Å². The number of nitrogens with one attached hydrogen (secondary N) is 1. The number of allylic oxidation sites excluding steroid dienone is 9. The van der Waals surface area contributed by atoms with E-state index in [0.29, 0.717) is 6.42 Å². The molecule has 3 fully saturated rings. The average molecular weight is 1470 g/mol. The molecule has 0 aromatic heterocycles. The van der Waals surface area contributed by atoms with Gasteiger partial charge in [0.1, 0.15) is 73.2 Å². The van der Waals surface area contributed by atoms with Gasteiger partial charge in [0.2, 0.25) is 5.91 Å². The van der Waals surface area contributed by atoms with Gasteiger partial charge in [0.15, 0.2) is 18.9 Å². The third-order valence-corrected chi connectivity index (χ3v) is 20.8. The lowest BCUT2D eigenvalue weighted by molar-refractivity contribution is -0.379. The number of unbranched alkanes of at least 4 members (excludes halogenated alkanes) is 43. The SMILES string of the molecule is CC/C=C\C/C=C\C/C=C\C/C=C\CCCCCCCCCCCCCCCCCCCCC(=O)NC(COC1OC(CO)C(OC2OC(CO)C(OC3OC(CO)C(O)C(O)C3O)C(O)C2O)C(O)C1O)C(O)/C=C/CCCCCCCCCCCCCCCCCCCCCCCCCCC. The summed E-state index contributed by atoms with van der Waals surface area (Å²) in [6.07, 6.45) is 56.4. The second-order valence-corrected chi connectivity index (χ2v) is 29.9. The van der Waals surface area contributed by atoms with E-state index < -0.39 is 124 Å². The van der Waals surface area contributed by atoms with Crippen LogP contribution in [0.5, 0.6) is 0 Å². The highest BCUT2D eigenvalue weighted by Crippen LogP contribution is 2.33. The fraction of sp³-hybridized carbons (Fsp3) is 0.869. The minimum absolute atomic E-state index is 0.244. The Morgan fingerprint density at radius 3 is 1.05 bits per heavy atom. The lowest BCUT2D eigenvalue weighted by Gasteiger charge is -2.48. The van der Waals surface area contributed by atoms with Crippen LogP contribution in [-0.2, 0) is 33.2 Å². The lowest BCUT2D eigenvalue weighted by atomic mass is 9.96. The molecule has 17 unspecified atom stereocenters. The van der Waals surface area contributed by atoms with E-state index in [9.17, 15) is 61.0 Å². The molecule has 3 saturated heterocycles. The first-order valence-corrected chi connectivity index (χ1v) is 42.0. The van der Waals surface area contributed by atoms with Crippen molar-refractivity contribution in [1.82, 2.24) is 5.32 Å². The summed E-state index contributed by atoms with van der Waals surface area (Å²) in [7, 11) is 0. The summed E-state index contributed by atoms with van der Waals surface area (Å²) >= 11 is 0. The molecule has 602 valence electrons. The largest absolute Gasteiger partial charge is 0.394 e. The molecule has 12 N–H and O–H groups in total. The summed E-state index contributed by atoms with van der Waals surface area (Å²) in [6.45, 7) is 1.67. The monoisotopic (exact) mass is 1460 g/mol. The van der Waals surface area contributed by atoms with Crippen LogP contribution in [0.1, 0.15) is 335 Å². The maximum atomic E-state index is 13.5. The Morgan fingerprint density at radius 1 is 0.359 bits per heavy atom. The number of hydrogen-bond acceptors (Lipinski definition) is 18. The molecule has 3 heterocycles. The number of hydrogen-bond donors (Lipinski definition) is 12. The number of rotatable bonds is 67. The maximum absolute atomic E-state index is 13.5. The first-order chi connectivity index (χ1) is 50.3. The summed E-state index contributed by atoms with van der Waals surface area (Å²) in [6, 6.07) is -0.976. The second-order valence-electron chi connectivity index (χ2n) is 29.9. The Balaban J connectivity index is 1.36. The van der Waals surface area contributed by atoms with Crippen LogP contribution >= 0.6 is 0 Å². The van der Waals surface area contributed by atoms with Gasteiger partial charge in [-0.3, -0.25) is 4.79 Å². The van der Waals surface area contributed by atoms with Gasteiger partial charge in [-0.25, -0.2) is 0 Å². The van der Waals surface area contributed by atoms with Crippen LogP contribution in [0.15, 0.2) is 60.8 Å². The number of carbonyl (C=O) groups is 1. The minimum atomic E-state index is -1.98. The molecule has 1 amide bonds. The van der Waals surface area contributed by atoms with Crippen molar-refractivity contribution in [3.8, 4) is 0 Å². The van der Waals surface area contributed by atoms with Crippen molar-refractivity contribution >= 4 is 5.91 Å². The quantitative estimate of drug-likeness (QED) is 0.0199. The molecule has 0 spiro atoms. The standard InChI is InChI=1S/C84H153NO18/c1-3-5-7-9-11-13-15-17-19-21-23-25-27-29-31-32-33-34-36-38-40-42-44-46-48-50-52-54-56-58-60-62-72(90)85-67(68(89)61-59-57-55-53-51-49-47-45-43-41-39-37-35-30-28-26-24-22-20-18-16-14-12-10-8-6-4-2)66-98-82-78(96)75(93)80(70(64-87)100-82)103-84-79(97)76(94)81(71(65-88)101-84)102-83-77(95)74(92)73(91)69(63-86)99-83/h5,7,11,13,17,19,23,25,59,61,67-71,73-84,86-89,91-97H,3-4,6,8-10,12,14-16,18,20-22,24,26-58,60,62-66H2,1-2H3,(H,85,90)/b7-5-,13-11-,19-17-,25-23-,61-59+. The van der Waals surface area contributed by atoms with Crippen molar-refractivity contribution < 1.29 is 89.4 Å². The Labute approximate surface area is 624 Å². The van der Waals surface area contributed by atoms with Crippen molar-refractivity contribution in [2.45, 2.75) is 439 Å². The predicted octanol–water partition coefficient (Wildman–Crippen LogP) is 14.6. The molecule has 3 rings (SSSR count). The molecular formula is C84H153NO18. The minimum Gasteiger partial charge on any atom is -0.394 e. The van der Waals surface area contributed by atoms with Crippen LogP contribution in [-0.4, -0.2) is 193 Å². The topological polar surface area (TPSA) is 307 Å². The van der Waals surface area contributed by atoms with E-state index in [1.165, 1.54) is 238 Å². The van der Waals surface area contributed by atoms with Crippen molar-refractivity contribution in [2.75, 3.05) is 26.4 Å². The van der Waals surface area contributed by atoms with Crippen molar-refractivity contribution in [3.63, 3.8) is 0 Å². The molecule has 0 aromatic rings. The van der Waals surface area contributed by atoms with Crippen molar-refractivity contribution in [1.29, 1.82) is 0 Å². The maximum Gasteiger partial charge on any atom is 0.220 e. The molecule has 103 heavy (non-hydrogen) atoms. The average Bonchev–Trinajstić information content (AvgIpc) is 0.781. The van der Waals surface area contributed by atoms with Gasteiger partial charge in [-0.2, -0.15) is 0 Å². The lowest BCUT2D eigenvalue weighted by Crippen LogP contribution is -2.66. The van der Waals surface area contributed by atoms with Crippen LogP contribution in [0.4, 0.5) is 0 Å². The van der Waals surface area contributed by atoms with Gasteiger partial charge < -0.3 is 89.9 Å². The van der Waals surface area contributed by atoms with Gasteiger partial charge in [0.05, 0.1) is 38.6 Å². The van der Waals surface area contributed by atoms with E-state index in [-0.39, 0.29) is 18.9 Å². The van der Waals surface area contributed by atoms with E-state index in [2.05, 4.69) is 67.8 Å². The van der Waals surface area contributed by atoms with Crippen molar-refractivity contribution in [3.05, 3.63) is 60.8 Å². The second kappa shape index (κ2) is 64.3. The number of amides is 1. The van der Waals surface area contributed by atoms with E-state index in [4.69, 9.17) is 28.4 Å². The third kappa shape index (κ3) is 44.1. The number of aliphatic hydroxyl groups is 11. The van der Waals surface area contributed by atoms with Gasteiger partial charge in [-0.05, 0) is 57.8 Å². The molecule has 0 aromatic carbocycles. The zero-order valence-electron chi connectivity index (χ0n) is 64.5. The molecule has 17 atom stereocenters. The van der Waals surface area contributed by atoms with E-state index in [1.807, 2.05) is 6.08 Å². The first-order valence-electron chi connectivity index (χ1n) is 42.0. The highest BCUT2D eigenvalue weighted by molar-refractivity contribution is 5.76. The van der Waals surface area contributed by atoms with E-state index >= 15 is 0 Å². The summed E-state index contributed by atoms with van der Waals surface area (Å²) in [5, 5.41) is 121. The van der Waals surface area contributed by atoms with Crippen LogP contribution in [0.2, 0.25) is 0 Å². The van der Waals surface area contributed by atoms with Gasteiger partial charge in [0, 0.05) is 6.42 Å². The molecule has 0 saturated carbocycles. The molecule has 0 aliphatic carbocycles. The normalized spacial score (nSPS) is 26.3. The number of carbonyl (C=O) groups excluding carboxylic acids is 1. The van der Waals surface area contributed by atoms with E-state index in [0.717, 1.165) is 70.6 Å². The third-order valence-electron chi connectivity index (χ3n) is 20.8. The Hall–Kier alpha value is -2.51. The predicted molar refractivity (Wildman–Crippen MR) is 411 cm³/mol. The van der Waals surface area contributed by atoms with Gasteiger partial charge in [-0.15, -0.1) is 0 Å². The molecule has 0 radical (unpaired) electrons. The highest BCUT2D eigenvalue weighted by atomic mass is 16.8. The van der Waals surface area contributed by atoms with Crippen LogP contribution in [0, 0.1) is 0 Å². The van der Waals surface area contributed by atoms with E-state index in [1.54, 1.807) is 6.08 Å². The fourth-order valence-corrected chi connectivity index (χ4v) is 14.1. The highest BCUT2D eigenvalue weighted by Gasteiger charge is 2.54. The van der Waals surface area contributed by atoms with Gasteiger partial charge >= 0.3 is 0 Å². The summed E-state index contributed by atoms with van der Waals surface area (Å²) in [4.78, 5) is 13.5. The number of ether oxygens (including phenoxy) is 6. The molecule has 3 aliphatic rings. The molecule has 3 aliphatic heterocycles. The van der Waals surface area contributed by atoms with Crippen LogP contribution in [0.25, 0.3) is 0 Å². The summed E-state index contributed by atoms with van der Waals surface area (Å²) < 4.78 is 34.5. The fourth-order valence-electron chi connectivity index (χ4n) is 14.1. The zero-order valence-corrected chi connectivity index (χ0v) is 64.5. The van der Waals surface area contributed by atoms with Gasteiger partial charge in [-0.1, -0.05) is 331 Å². The first kappa shape index (κ1) is 94.7.